The first kappa shape index (κ1) is 25.5. The third kappa shape index (κ3) is 5.91. The minimum absolute atomic E-state index is 0.0521. The van der Waals surface area contributed by atoms with Crippen molar-refractivity contribution in [1.82, 2.24) is 20.6 Å². The number of aromatic amines is 1. The summed E-state index contributed by atoms with van der Waals surface area (Å²) in [5.41, 5.74) is 4.18. The number of halogens is 2. The highest BCUT2D eigenvalue weighted by Gasteiger charge is 2.24. The Kier molecular flexibility index (Phi) is 7.02. The fourth-order valence-corrected chi connectivity index (χ4v) is 4.48. The highest BCUT2D eigenvalue weighted by molar-refractivity contribution is 5.99. The van der Waals surface area contributed by atoms with Crippen LogP contribution in [-0.4, -0.2) is 21.8 Å². The van der Waals surface area contributed by atoms with Gasteiger partial charge in [-0.05, 0) is 65.4 Å². The number of hydrogen-bond acceptors (Lipinski definition) is 4. The Bertz CT molecular complexity index is 1700. The molecule has 0 saturated carbocycles. The number of carbonyl (C=O) groups is 2. The van der Waals surface area contributed by atoms with Crippen molar-refractivity contribution in [3.05, 3.63) is 122 Å². The van der Waals surface area contributed by atoms with E-state index in [0.717, 1.165) is 11.6 Å². The molecule has 1 aliphatic rings. The molecule has 0 radical (unpaired) electrons. The summed E-state index contributed by atoms with van der Waals surface area (Å²) >= 11 is 0. The lowest BCUT2D eigenvalue weighted by molar-refractivity contribution is -0.119. The first-order valence-electron chi connectivity index (χ1n) is 12.1. The minimum Gasteiger partial charge on any atom is -0.348 e. The molecular weight excluding hydrogens is 502 g/mol. The van der Waals surface area contributed by atoms with Gasteiger partial charge < -0.3 is 15.6 Å². The summed E-state index contributed by atoms with van der Waals surface area (Å²) in [5, 5.41) is 5.64. The summed E-state index contributed by atoms with van der Waals surface area (Å²) in [7, 11) is 0. The third-order valence-electron chi connectivity index (χ3n) is 6.22. The van der Waals surface area contributed by atoms with Gasteiger partial charge in [-0.2, -0.15) is 0 Å². The molecule has 194 valence electrons. The molecule has 2 aromatic heterocycles. The number of hydrogen-bond donors (Lipinski definition) is 3. The van der Waals surface area contributed by atoms with Gasteiger partial charge in [-0.3, -0.25) is 14.4 Å². The van der Waals surface area contributed by atoms with E-state index in [1.165, 1.54) is 31.3 Å². The molecule has 0 fully saturated rings. The van der Waals surface area contributed by atoms with Crippen LogP contribution < -0.4 is 16.2 Å². The molecule has 0 aliphatic carbocycles. The summed E-state index contributed by atoms with van der Waals surface area (Å²) < 4.78 is 28.0. The zero-order valence-corrected chi connectivity index (χ0v) is 20.8. The van der Waals surface area contributed by atoms with Gasteiger partial charge in [0, 0.05) is 48.5 Å². The largest absolute Gasteiger partial charge is 0.348 e. The van der Waals surface area contributed by atoms with Gasteiger partial charge in [0.1, 0.15) is 17.3 Å². The third-order valence-corrected chi connectivity index (χ3v) is 6.22. The number of nitrogens with zero attached hydrogens (tertiary/aromatic N) is 1. The Hall–Kier alpha value is -5.10. The van der Waals surface area contributed by atoms with E-state index in [1.54, 1.807) is 24.3 Å². The van der Waals surface area contributed by atoms with E-state index in [4.69, 9.17) is 4.98 Å². The number of carbonyl (C=O) groups excluding carboxylic acids is 2. The maximum Gasteiger partial charge on any atom is 0.251 e. The van der Waals surface area contributed by atoms with E-state index in [1.807, 2.05) is 12.1 Å². The Balaban J connectivity index is 1.63. The van der Waals surface area contributed by atoms with Crippen LogP contribution in [0.15, 0.2) is 71.7 Å². The molecule has 0 bridgehead atoms. The fraction of sp³-hybridized carbons (Fsp3) is 0.133. The number of amides is 2. The number of aromatic nitrogens is 2. The summed E-state index contributed by atoms with van der Waals surface area (Å²) in [6.07, 6.45) is 1.54. The van der Waals surface area contributed by atoms with E-state index in [-0.39, 0.29) is 23.8 Å². The smallest absolute Gasteiger partial charge is 0.251 e. The summed E-state index contributed by atoms with van der Waals surface area (Å²) in [4.78, 5) is 43.2. The number of benzene rings is 2. The first-order chi connectivity index (χ1) is 18.7. The van der Waals surface area contributed by atoms with Crippen molar-refractivity contribution in [2.75, 3.05) is 0 Å². The number of pyridine rings is 2. The van der Waals surface area contributed by atoms with Gasteiger partial charge in [-0.15, -0.1) is 0 Å². The van der Waals surface area contributed by atoms with Crippen molar-refractivity contribution in [2.45, 2.75) is 25.9 Å². The molecule has 39 heavy (non-hydrogen) atoms. The highest BCUT2D eigenvalue weighted by atomic mass is 19.1. The molecule has 0 spiro atoms. The molecule has 3 N–H and O–H groups in total. The minimum atomic E-state index is -0.768. The molecule has 0 saturated heterocycles. The molecule has 1 atom stereocenters. The normalized spacial score (nSPS) is 12.6. The zero-order valence-electron chi connectivity index (χ0n) is 20.8. The molecule has 1 aliphatic heterocycles. The SMILES string of the molecule is CC(=O)N[C@@H](Cc1cc(F)cc(F)c1)c1nc(C#Cc2ccc(=O)[nH]c2)ccc1-c1ccc2c(c1)C(=O)NC2. The molecule has 3 heterocycles. The van der Waals surface area contributed by atoms with Crippen LogP contribution in [0.25, 0.3) is 11.1 Å². The predicted molar refractivity (Wildman–Crippen MR) is 141 cm³/mol. The van der Waals surface area contributed by atoms with Crippen LogP contribution in [0.4, 0.5) is 8.78 Å². The second kappa shape index (κ2) is 10.7. The van der Waals surface area contributed by atoms with Gasteiger partial charge in [-0.25, -0.2) is 13.8 Å². The lowest BCUT2D eigenvalue weighted by atomic mass is 9.93. The van der Waals surface area contributed by atoms with Gasteiger partial charge in [0.25, 0.3) is 5.91 Å². The zero-order chi connectivity index (χ0) is 27.5. The summed E-state index contributed by atoms with van der Waals surface area (Å²) in [6, 6.07) is 14.3. The maximum atomic E-state index is 14.0. The van der Waals surface area contributed by atoms with Crippen molar-refractivity contribution in [3.63, 3.8) is 0 Å². The van der Waals surface area contributed by atoms with Crippen molar-refractivity contribution in [3.8, 4) is 23.0 Å². The number of nitrogens with one attached hydrogen (secondary N) is 3. The van der Waals surface area contributed by atoms with Crippen LogP contribution in [0.3, 0.4) is 0 Å². The standard InChI is InChI=1S/C30H22F2N4O3/c1-17(37)35-27(12-19-10-22(31)14-23(32)11-19)29-25(20-4-5-21-16-34-30(39)26(21)13-20)8-7-24(36-29)6-2-18-3-9-28(38)33-15-18/h3-5,7-11,13-15,27H,12,16H2,1H3,(H,33,38)(H,34,39)(H,35,37)/t27-/m0/s1. The molecule has 4 aromatic rings. The van der Waals surface area contributed by atoms with E-state index in [9.17, 15) is 23.2 Å². The van der Waals surface area contributed by atoms with Crippen LogP contribution in [-0.2, 0) is 17.8 Å². The average Bonchev–Trinajstić information content (AvgIpc) is 3.27. The Morgan fingerprint density at radius 1 is 1.00 bits per heavy atom. The molecule has 2 aromatic carbocycles. The van der Waals surface area contributed by atoms with Gasteiger partial charge >= 0.3 is 0 Å². The lowest BCUT2D eigenvalue weighted by Crippen LogP contribution is -2.29. The highest BCUT2D eigenvalue weighted by Crippen LogP contribution is 2.32. The molecule has 7 nitrogen and oxygen atoms in total. The van der Waals surface area contributed by atoms with E-state index in [0.29, 0.717) is 45.7 Å². The average molecular weight is 525 g/mol. The number of fused-ring (bicyclic) bond motifs is 1. The summed E-state index contributed by atoms with van der Waals surface area (Å²) in [5.74, 6) is 3.89. The van der Waals surface area contributed by atoms with Crippen LogP contribution >= 0.6 is 0 Å². The predicted octanol–water partition coefficient (Wildman–Crippen LogP) is 3.78. The van der Waals surface area contributed by atoms with Crippen molar-refractivity contribution in [2.24, 2.45) is 0 Å². The Morgan fingerprint density at radius 3 is 2.51 bits per heavy atom. The van der Waals surface area contributed by atoms with Crippen LogP contribution in [0.1, 0.15) is 51.4 Å². The fourth-order valence-electron chi connectivity index (χ4n) is 4.48. The molecule has 2 amide bonds. The molecule has 5 rings (SSSR count). The van der Waals surface area contributed by atoms with Crippen molar-refractivity contribution >= 4 is 11.8 Å². The number of rotatable bonds is 5. The molecule has 9 heteroatoms. The second-order valence-electron chi connectivity index (χ2n) is 9.11. The lowest BCUT2D eigenvalue weighted by Gasteiger charge is -2.21. The van der Waals surface area contributed by atoms with Crippen molar-refractivity contribution < 1.29 is 18.4 Å². The van der Waals surface area contributed by atoms with Gasteiger partial charge in [0.2, 0.25) is 11.5 Å². The quantitative estimate of drug-likeness (QED) is 0.346. The van der Waals surface area contributed by atoms with Crippen LogP contribution in [0.5, 0.6) is 0 Å². The van der Waals surface area contributed by atoms with Crippen molar-refractivity contribution in [1.29, 1.82) is 0 Å². The monoisotopic (exact) mass is 524 g/mol. The van der Waals surface area contributed by atoms with Gasteiger partial charge in [0.05, 0.1) is 11.7 Å². The molecular formula is C30H22F2N4O3. The Morgan fingerprint density at radius 2 is 1.79 bits per heavy atom. The van der Waals surface area contributed by atoms with Gasteiger partial charge in [0.15, 0.2) is 0 Å². The van der Waals surface area contributed by atoms with E-state index < -0.39 is 17.7 Å². The van der Waals surface area contributed by atoms with E-state index >= 15 is 0 Å². The van der Waals surface area contributed by atoms with Crippen LogP contribution in [0, 0.1) is 23.5 Å². The van der Waals surface area contributed by atoms with Crippen LogP contribution in [0.2, 0.25) is 0 Å². The van der Waals surface area contributed by atoms with Gasteiger partial charge in [-0.1, -0.05) is 18.1 Å². The maximum absolute atomic E-state index is 14.0. The Labute approximate surface area is 222 Å². The second-order valence-corrected chi connectivity index (χ2v) is 9.11. The summed E-state index contributed by atoms with van der Waals surface area (Å²) in [6.45, 7) is 1.79. The molecule has 0 unspecified atom stereocenters. The van der Waals surface area contributed by atoms with E-state index in [2.05, 4.69) is 27.5 Å². The first-order valence-corrected chi connectivity index (χ1v) is 12.1. The topological polar surface area (TPSA) is 104 Å². The number of H-pyrrole nitrogens is 1.